The van der Waals surface area contributed by atoms with Crippen LogP contribution in [0.1, 0.15) is 16.7 Å². The van der Waals surface area contributed by atoms with Crippen LogP contribution in [0.3, 0.4) is 0 Å². The van der Waals surface area contributed by atoms with Crippen LogP contribution in [-0.4, -0.2) is 42.9 Å². The monoisotopic (exact) mass is 497 g/mol. The molecule has 1 saturated heterocycles. The molecule has 1 aliphatic heterocycles. The van der Waals surface area contributed by atoms with E-state index in [9.17, 15) is 15.3 Å². The van der Waals surface area contributed by atoms with Crippen molar-refractivity contribution < 1.29 is 20.1 Å². The zero-order chi connectivity index (χ0) is 24.5. The summed E-state index contributed by atoms with van der Waals surface area (Å²) in [6.07, 6.45) is -0.631. The fraction of sp³-hybridized carbons (Fsp3) is 0.296. The van der Waals surface area contributed by atoms with E-state index in [-0.39, 0.29) is 19.3 Å². The Kier molecular flexibility index (Phi) is 6.76. The van der Waals surface area contributed by atoms with Gasteiger partial charge in [-0.1, -0.05) is 103 Å². The summed E-state index contributed by atoms with van der Waals surface area (Å²) in [6.45, 7) is 7.77. The topological polar surface area (TPSA) is 74.3 Å². The number of benzene rings is 3. The number of alkyl halides is 2. The zero-order valence-corrected chi connectivity index (χ0v) is 19.8. The molecule has 3 N–H and O–H groups in total. The molecule has 0 saturated carbocycles. The molecule has 0 aromatic heterocycles. The van der Waals surface area contributed by atoms with Gasteiger partial charge < -0.3 is 15.3 Å². The maximum Gasteiger partial charge on any atom is 0.451 e. The van der Waals surface area contributed by atoms with Gasteiger partial charge in [0.15, 0.2) is 5.56 Å². The molecule has 1 heterocycles. The van der Waals surface area contributed by atoms with Gasteiger partial charge in [0.25, 0.3) is 0 Å². The van der Waals surface area contributed by atoms with Gasteiger partial charge in [-0.2, -0.15) is 0 Å². The first-order chi connectivity index (χ1) is 16.2. The molecular formula is C27H25Cl2NO4. The lowest BCUT2D eigenvalue weighted by Crippen LogP contribution is -2.83. The third-order valence-electron chi connectivity index (χ3n) is 6.61. The van der Waals surface area contributed by atoms with E-state index < -0.39 is 27.6 Å². The summed E-state index contributed by atoms with van der Waals surface area (Å²) in [4.78, 5) is 3.38. The van der Waals surface area contributed by atoms with Crippen molar-refractivity contribution in [2.75, 3.05) is 0 Å². The number of halogens is 2. The fourth-order valence-electron chi connectivity index (χ4n) is 4.72. The molecule has 0 bridgehead atoms. The molecule has 5 atom stereocenters. The summed E-state index contributed by atoms with van der Waals surface area (Å²) in [6, 6.07) is 26.7. The van der Waals surface area contributed by atoms with Crippen molar-refractivity contribution in [2.24, 2.45) is 0 Å². The molecule has 1 aliphatic rings. The quantitative estimate of drug-likeness (QED) is 0.269. The van der Waals surface area contributed by atoms with Gasteiger partial charge in [-0.15, -0.1) is 0 Å². The number of nitrogens with zero attached hydrogens (tertiary/aromatic N) is 1. The van der Waals surface area contributed by atoms with Gasteiger partial charge in [-0.3, -0.25) is 9.58 Å². The summed E-state index contributed by atoms with van der Waals surface area (Å²) >= 11 is 13.2. The predicted octanol–water partition coefficient (Wildman–Crippen LogP) is 4.31. The second-order valence-corrected chi connectivity index (χ2v) is 9.65. The molecule has 0 radical (unpaired) electrons. The van der Waals surface area contributed by atoms with Crippen LogP contribution in [0, 0.1) is 6.57 Å². The molecule has 3 aromatic carbocycles. The number of hydrogen-bond donors (Lipinski definition) is 3. The van der Waals surface area contributed by atoms with E-state index in [1.54, 1.807) is 72.8 Å². The molecule has 2 unspecified atom stereocenters. The summed E-state index contributed by atoms with van der Waals surface area (Å²) in [5.41, 5.74) is -6.75. The normalized spacial score (nSPS) is 33.2. The standard InChI is InChI=1S/C27H25Cl2NO4/c1-30-27(29)26(33,19-22-15-9-4-10-16-22)25(32,18-21-13-7-3-8-14-21)24(31,23(28)34-27)17-20-11-5-2-6-12-20/h2-16,23,31-33H,17-19H2/t23?,24-,25-,26-,27?/m1/s1. The van der Waals surface area contributed by atoms with Crippen molar-refractivity contribution in [3.63, 3.8) is 0 Å². The molecule has 0 amide bonds. The lowest BCUT2D eigenvalue weighted by Gasteiger charge is -2.58. The Morgan fingerprint density at radius 3 is 1.50 bits per heavy atom. The maximum atomic E-state index is 12.4. The highest BCUT2D eigenvalue weighted by Gasteiger charge is 2.80. The van der Waals surface area contributed by atoms with Gasteiger partial charge in [0.05, 0.1) is 0 Å². The average Bonchev–Trinajstić information content (AvgIpc) is 2.84. The Bertz CT molecular complexity index is 1160. The minimum Gasteiger partial charge on any atom is -0.383 e. The minimum atomic E-state index is -2.46. The van der Waals surface area contributed by atoms with Gasteiger partial charge in [0.1, 0.15) is 11.2 Å². The molecule has 3 aromatic rings. The fourth-order valence-corrected chi connectivity index (χ4v) is 5.47. The number of rotatable bonds is 6. The molecule has 4 rings (SSSR count). The smallest absolute Gasteiger partial charge is 0.383 e. The highest BCUT2D eigenvalue weighted by Crippen LogP contribution is 2.56. The van der Waals surface area contributed by atoms with E-state index in [0.29, 0.717) is 16.7 Å². The van der Waals surface area contributed by atoms with Crippen molar-refractivity contribution in [1.29, 1.82) is 0 Å². The van der Waals surface area contributed by atoms with Gasteiger partial charge in [0, 0.05) is 30.9 Å². The Hall–Kier alpha value is -2.43. The van der Waals surface area contributed by atoms with Crippen LogP contribution in [0.15, 0.2) is 91.0 Å². The van der Waals surface area contributed by atoms with E-state index in [2.05, 4.69) is 4.85 Å². The Morgan fingerprint density at radius 1 is 0.706 bits per heavy atom. The van der Waals surface area contributed by atoms with E-state index in [1.165, 1.54) is 0 Å². The van der Waals surface area contributed by atoms with Crippen molar-refractivity contribution >= 4 is 23.2 Å². The number of ether oxygens (including phenoxy) is 1. The zero-order valence-electron chi connectivity index (χ0n) is 18.3. The third-order valence-corrected chi connectivity index (χ3v) is 7.55. The van der Waals surface area contributed by atoms with Crippen molar-refractivity contribution in [3.8, 4) is 0 Å². The molecule has 1 fully saturated rings. The van der Waals surface area contributed by atoms with Crippen LogP contribution in [-0.2, 0) is 24.0 Å². The van der Waals surface area contributed by atoms with Crippen LogP contribution >= 0.6 is 23.2 Å². The molecule has 34 heavy (non-hydrogen) atoms. The number of hydrogen-bond acceptors (Lipinski definition) is 4. The van der Waals surface area contributed by atoms with Crippen molar-refractivity contribution in [2.45, 2.75) is 46.8 Å². The van der Waals surface area contributed by atoms with E-state index in [1.807, 2.05) is 18.2 Å². The maximum absolute atomic E-state index is 12.4. The largest absolute Gasteiger partial charge is 0.451 e. The Balaban J connectivity index is 1.93. The van der Waals surface area contributed by atoms with Crippen molar-refractivity contribution in [1.82, 2.24) is 0 Å². The van der Waals surface area contributed by atoms with Crippen LogP contribution < -0.4 is 0 Å². The number of aliphatic hydroxyl groups is 3. The minimum absolute atomic E-state index is 0.145. The van der Waals surface area contributed by atoms with Gasteiger partial charge in [-0.05, 0) is 16.7 Å². The second kappa shape index (κ2) is 9.31. The first kappa shape index (κ1) is 24.7. The third kappa shape index (κ3) is 4.01. The predicted molar refractivity (Wildman–Crippen MR) is 131 cm³/mol. The van der Waals surface area contributed by atoms with E-state index >= 15 is 0 Å². The summed E-state index contributed by atoms with van der Waals surface area (Å²) in [7, 11) is 0. The van der Waals surface area contributed by atoms with Gasteiger partial charge >= 0.3 is 5.18 Å². The lowest BCUT2D eigenvalue weighted by atomic mass is 9.61. The van der Waals surface area contributed by atoms with Crippen LogP contribution in [0.2, 0.25) is 0 Å². The van der Waals surface area contributed by atoms with Crippen LogP contribution in [0.4, 0.5) is 0 Å². The lowest BCUT2D eigenvalue weighted by molar-refractivity contribution is -0.343. The van der Waals surface area contributed by atoms with Crippen LogP contribution in [0.25, 0.3) is 4.85 Å². The summed E-state index contributed by atoms with van der Waals surface area (Å²) in [5, 5.41) is 34.3. The van der Waals surface area contributed by atoms with Gasteiger partial charge in [-0.25, -0.2) is 6.57 Å². The molecular weight excluding hydrogens is 473 g/mol. The van der Waals surface area contributed by atoms with E-state index in [4.69, 9.17) is 34.5 Å². The SMILES string of the molecule is [C-]#[N+]C1(Cl)OC(Cl)[C@](O)(Cc2ccccc2)[C@](O)(Cc2ccccc2)[C@]1(O)Cc1ccccc1. The summed E-state index contributed by atoms with van der Waals surface area (Å²) < 4.78 is 5.65. The van der Waals surface area contributed by atoms with Crippen LogP contribution in [0.5, 0.6) is 0 Å². The average molecular weight is 498 g/mol. The van der Waals surface area contributed by atoms with Gasteiger partial charge in [0.2, 0.25) is 5.60 Å². The molecule has 7 heteroatoms. The van der Waals surface area contributed by atoms with E-state index in [0.717, 1.165) is 0 Å². The molecule has 0 aliphatic carbocycles. The summed E-state index contributed by atoms with van der Waals surface area (Å²) in [5.74, 6) is 0. The Labute approximate surface area is 209 Å². The Morgan fingerprint density at radius 2 is 1.09 bits per heavy atom. The molecule has 5 nitrogen and oxygen atoms in total. The second-order valence-electron chi connectivity index (χ2n) is 8.74. The highest BCUT2D eigenvalue weighted by atomic mass is 35.5. The molecule has 0 spiro atoms. The molecule has 176 valence electrons. The van der Waals surface area contributed by atoms with Crippen molar-refractivity contribution in [3.05, 3.63) is 119 Å². The highest BCUT2D eigenvalue weighted by molar-refractivity contribution is 6.26. The first-order valence-corrected chi connectivity index (χ1v) is 11.7. The first-order valence-electron chi connectivity index (χ1n) is 10.9.